The zero-order valence-electron chi connectivity index (χ0n) is 15.1. The molecule has 0 amide bonds. The van der Waals surface area contributed by atoms with Gasteiger partial charge in [0.1, 0.15) is 11.5 Å². The molecule has 1 aromatic heterocycles. The first-order chi connectivity index (χ1) is 12.1. The Hall–Kier alpha value is -1.81. The second kappa shape index (κ2) is 5.34. The van der Waals surface area contributed by atoms with E-state index in [1.807, 2.05) is 6.07 Å². The number of H-pyrrole nitrogens is 1. The summed E-state index contributed by atoms with van der Waals surface area (Å²) in [6.07, 6.45) is 4.91. The molecule has 1 saturated carbocycles. The summed E-state index contributed by atoms with van der Waals surface area (Å²) in [5.41, 5.74) is 4.12. The zero-order chi connectivity index (χ0) is 17.2. The Balaban J connectivity index is 1.68. The van der Waals surface area contributed by atoms with Gasteiger partial charge >= 0.3 is 0 Å². The van der Waals surface area contributed by atoms with Crippen molar-refractivity contribution >= 4 is 16.7 Å². The lowest BCUT2D eigenvalue weighted by atomic mass is 9.59. The number of carbonyl (C=O) groups is 1. The molecule has 1 aliphatic carbocycles. The van der Waals surface area contributed by atoms with E-state index in [9.17, 15) is 4.79 Å². The minimum Gasteiger partial charge on any atom is -0.497 e. The summed E-state index contributed by atoms with van der Waals surface area (Å²) in [6, 6.07) is 6.68. The fourth-order valence-corrected chi connectivity index (χ4v) is 5.97. The van der Waals surface area contributed by atoms with E-state index in [1.54, 1.807) is 7.11 Å². The average Bonchev–Trinajstić information content (AvgIpc) is 2.98. The molecule has 0 spiro atoms. The lowest BCUT2D eigenvalue weighted by molar-refractivity contribution is -0.135. The summed E-state index contributed by atoms with van der Waals surface area (Å²) in [7, 11) is 1.73. The van der Waals surface area contributed by atoms with Gasteiger partial charge in [0.25, 0.3) is 0 Å². The number of methoxy groups -OCH3 is 1. The van der Waals surface area contributed by atoms with Gasteiger partial charge in [-0.2, -0.15) is 0 Å². The number of Topliss-reactive ketones (excluding diaryl/α,β-unsaturated/α-hetero) is 1. The minimum atomic E-state index is 0.110. The van der Waals surface area contributed by atoms with Crippen LogP contribution in [0.15, 0.2) is 18.2 Å². The SMILES string of the molecule is CC[C@]12CC(=O)C[C@@H](CN3CCc4c([nH]c5ccc(OC)cc45)[C@@H]31)C2. The van der Waals surface area contributed by atoms with Gasteiger partial charge in [-0.25, -0.2) is 0 Å². The minimum absolute atomic E-state index is 0.110. The van der Waals surface area contributed by atoms with Crippen molar-refractivity contribution in [1.29, 1.82) is 0 Å². The van der Waals surface area contributed by atoms with Crippen LogP contribution in [0.5, 0.6) is 5.75 Å². The second-order valence-electron chi connectivity index (χ2n) is 8.28. The molecule has 2 bridgehead atoms. The van der Waals surface area contributed by atoms with E-state index in [0.717, 1.165) is 44.5 Å². The molecule has 0 unspecified atom stereocenters. The maximum atomic E-state index is 12.4. The number of ether oxygens (including phenoxy) is 1. The lowest BCUT2D eigenvalue weighted by Crippen LogP contribution is -2.55. The van der Waals surface area contributed by atoms with E-state index >= 15 is 0 Å². The summed E-state index contributed by atoms with van der Waals surface area (Å²) in [6.45, 7) is 4.46. The highest BCUT2D eigenvalue weighted by Gasteiger charge is 2.53. The summed E-state index contributed by atoms with van der Waals surface area (Å²) < 4.78 is 5.44. The van der Waals surface area contributed by atoms with Gasteiger partial charge in [-0.1, -0.05) is 6.92 Å². The van der Waals surface area contributed by atoms with Crippen LogP contribution < -0.4 is 4.74 Å². The monoisotopic (exact) mass is 338 g/mol. The van der Waals surface area contributed by atoms with E-state index in [2.05, 4.69) is 28.9 Å². The van der Waals surface area contributed by atoms with Crippen molar-refractivity contribution in [2.75, 3.05) is 20.2 Å². The molecule has 132 valence electrons. The highest BCUT2D eigenvalue weighted by atomic mass is 16.5. The molecule has 2 fully saturated rings. The number of piperidine rings is 1. The number of fused-ring (bicyclic) bond motifs is 8. The van der Waals surface area contributed by atoms with Crippen molar-refractivity contribution in [3.63, 3.8) is 0 Å². The van der Waals surface area contributed by atoms with E-state index in [4.69, 9.17) is 4.74 Å². The Bertz CT molecular complexity index is 855. The maximum Gasteiger partial charge on any atom is 0.133 e. The van der Waals surface area contributed by atoms with E-state index < -0.39 is 0 Å². The lowest BCUT2D eigenvalue weighted by Gasteiger charge is -2.56. The molecule has 1 aromatic carbocycles. The molecule has 4 nitrogen and oxygen atoms in total. The standard InChI is InChI=1S/C21H26N2O2/c1-3-21-10-13(8-14(24)11-21)12-23-7-6-16-17-9-15(25-2)4-5-18(17)22-19(16)20(21)23/h4-5,9,13,20,22H,3,6-8,10-12H2,1-2H3/t13-,20-,21+/m1/s1. The van der Waals surface area contributed by atoms with Crippen molar-refractivity contribution in [3.05, 3.63) is 29.5 Å². The molecule has 3 heterocycles. The quantitative estimate of drug-likeness (QED) is 0.904. The van der Waals surface area contributed by atoms with Crippen molar-refractivity contribution < 1.29 is 9.53 Å². The first kappa shape index (κ1) is 15.4. The molecular formula is C21H26N2O2. The highest BCUT2D eigenvalue weighted by Crippen LogP contribution is 2.57. The Morgan fingerprint density at radius 3 is 3.08 bits per heavy atom. The normalized spacial score (nSPS) is 31.7. The van der Waals surface area contributed by atoms with Gasteiger partial charge in [0.2, 0.25) is 0 Å². The number of benzene rings is 1. The summed E-state index contributed by atoms with van der Waals surface area (Å²) in [5.74, 6) is 1.95. The van der Waals surface area contributed by atoms with Crippen LogP contribution in [0.1, 0.15) is 49.9 Å². The second-order valence-corrected chi connectivity index (χ2v) is 8.28. The van der Waals surface area contributed by atoms with Gasteiger partial charge in [0.15, 0.2) is 0 Å². The molecule has 0 radical (unpaired) electrons. The number of nitrogens with zero attached hydrogens (tertiary/aromatic N) is 1. The van der Waals surface area contributed by atoms with Gasteiger partial charge in [-0.3, -0.25) is 9.69 Å². The zero-order valence-corrected chi connectivity index (χ0v) is 15.1. The Morgan fingerprint density at radius 2 is 2.28 bits per heavy atom. The Morgan fingerprint density at radius 1 is 1.40 bits per heavy atom. The number of hydrogen-bond donors (Lipinski definition) is 1. The van der Waals surface area contributed by atoms with Crippen LogP contribution in [0.3, 0.4) is 0 Å². The van der Waals surface area contributed by atoms with Crippen LogP contribution in [0.25, 0.3) is 10.9 Å². The molecular weight excluding hydrogens is 312 g/mol. The van der Waals surface area contributed by atoms with Crippen LogP contribution in [0, 0.1) is 11.3 Å². The van der Waals surface area contributed by atoms with Gasteiger partial charge < -0.3 is 9.72 Å². The molecule has 2 aliphatic heterocycles. The molecule has 25 heavy (non-hydrogen) atoms. The van der Waals surface area contributed by atoms with Crippen LogP contribution >= 0.6 is 0 Å². The third-order valence-corrected chi connectivity index (χ3v) is 6.97. The molecule has 5 rings (SSSR count). The first-order valence-corrected chi connectivity index (χ1v) is 9.58. The van der Waals surface area contributed by atoms with Gasteiger partial charge in [-0.15, -0.1) is 0 Å². The third-order valence-electron chi connectivity index (χ3n) is 6.97. The van der Waals surface area contributed by atoms with E-state index in [-0.39, 0.29) is 5.41 Å². The maximum absolute atomic E-state index is 12.4. The van der Waals surface area contributed by atoms with Gasteiger partial charge in [0, 0.05) is 42.5 Å². The summed E-state index contributed by atoms with van der Waals surface area (Å²) in [4.78, 5) is 18.8. The largest absolute Gasteiger partial charge is 0.497 e. The number of hydrogen-bond acceptors (Lipinski definition) is 3. The summed E-state index contributed by atoms with van der Waals surface area (Å²) >= 11 is 0. The van der Waals surface area contributed by atoms with Crippen molar-refractivity contribution in [2.45, 2.75) is 45.1 Å². The van der Waals surface area contributed by atoms with E-state index in [0.29, 0.717) is 17.7 Å². The molecule has 3 aliphatic rings. The fraction of sp³-hybridized carbons (Fsp3) is 0.571. The molecule has 1 N–H and O–H groups in total. The van der Waals surface area contributed by atoms with Crippen LogP contribution in [0.2, 0.25) is 0 Å². The Kier molecular flexibility index (Phi) is 3.30. The first-order valence-electron chi connectivity index (χ1n) is 9.58. The molecule has 4 heteroatoms. The molecule has 2 aromatic rings. The number of nitrogens with one attached hydrogen (secondary N) is 1. The molecule has 1 saturated heterocycles. The third kappa shape index (κ3) is 2.13. The number of aromatic nitrogens is 1. The predicted octanol–water partition coefficient (Wildman–Crippen LogP) is 3.85. The summed E-state index contributed by atoms with van der Waals surface area (Å²) in [5, 5.41) is 1.30. The smallest absolute Gasteiger partial charge is 0.133 e. The van der Waals surface area contributed by atoms with Gasteiger partial charge in [0.05, 0.1) is 13.2 Å². The number of ketones is 1. The van der Waals surface area contributed by atoms with Gasteiger partial charge in [-0.05, 0) is 54.4 Å². The topological polar surface area (TPSA) is 45.3 Å². The highest BCUT2D eigenvalue weighted by molar-refractivity contribution is 5.87. The number of rotatable bonds is 2. The van der Waals surface area contributed by atoms with Crippen molar-refractivity contribution in [2.24, 2.45) is 11.3 Å². The average molecular weight is 338 g/mol. The fourth-order valence-electron chi connectivity index (χ4n) is 5.97. The van der Waals surface area contributed by atoms with Crippen LogP contribution in [-0.2, 0) is 11.2 Å². The van der Waals surface area contributed by atoms with Crippen molar-refractivity contribution in [1.82, 2.24) is 9.88 Å². The molecule has 3 atom stereocenters. The predicted molar refractivity (Wildman–Crippen MR) is 97.9 cm³/mol. The number of carbonyl (C=O) groups excluding carboxylic acids is 1. The number of aromatic amines is 1. The van der Waals surface area contributed by atoms with Crippen LogP contribution in [0.4, 0.5) is 0 Å². The van der Waals surface area contributed by atoms with E-state index in [1.165, 1.54) is 28.6 Å². The Labute approximate surface area is 148 Å². The van der Waals surface area contributed by atoms with Crippen LogP contribution in [-0.4, -0.2) is 35.9 Å². The van der Waals surface area contributed by atoms with Crippen molar-refractivity contribution in [3.8, 4) is 5.75 Å².